The first-order valence-electron chi connectivity index (χ1n) is 15.5. The number of ether oxygens (including phenoxy) is 1. The number of carbonyl (C=O) groups is 1. The standard InChI is InChI=1S/C33H42BN3O10S/c1-20(2)16-29(35)47-34-46-27(32(41)31(40)26(39)18-38)19-45-33(42)25(17-23-11-5-9-21-8-3-4-13-24(21)23)37-48(43,44)28-14-6-10-22-12-7-15-36-30(22)28/h3-15,20,25-27,29,31-32,34,37-41H,16-19,35H2,1-2H3/t25-,26+,27+,29+,31+,32+/m0/s1. The van der Waals surface area contributed by atoms with Gasteiger partial charge in [0, 0.05) is 18.0 Å². The van der Waals surface area contributed by atoms with Crippen LogP contribution < -0.4 is 10.5 Å². The highest BCUT2D eigenvalue weighted by Crippen LogP contribution is 2.24. The zero-order valence-electron chi connectivity index (χ0n) is 26.8. The summed E-state index contributed by atoms with van der Waals surface area (Å²) >= 11 is 0. The van der Waals surface area contributed by atoms with Crippen molar-refractivity contribution in [3.8, 4) is 0 Å². The van der Waals surface area contributed by atoms with Gasteiger partial charge in [0.05, 0.1) is 18.4 Å². The summed E-state index contributed by atoms with van der Waals surface area (Å²) in [5.74, 6) is -0.786. The molecular weight excluding hydrogens is 641 g/mol. The fourth-order valence-corrected chi connectivity index (χ4v) is 6.58. The van der Waals surface area contributed by atoms with Crippen LogP contribution in [0, 0.1) is 5.92 Å². The summed E-state index contributed by atoms with van der Waals surface area (Å²) in [6.07, 6.45) is -5.77. The van der Waals surface area contributed by atoms with Gasteiger partial charge in [-0.05, 0) is 40.8 Å². The molecule has 0 aliphatic carbocycles. The summed E-state index contributed by atoms with van der Waals surface area (Å²) in [7, 11) is -4.81. The van der Waals surface area contributed by atoms with Crippen molar-refractivity contribution < 1.29 is 47.7 Å². The van der Waals surface area contributed by atoms with E-state index in [9.17, 15) is 33.6 Å². The maximum atomic E-state index is 13.8. The van der Waals surface area contributed by atoms with Crippen molar-refractivity contribution in [1.29, 1.82) is 0 Å². The average molecular weight is 684 g/mol. The van der Waals surface area contributed by atoms with Gasteiger partial charge in [-0.15, -0.1) is 0 Å². The zero-order chi connectivity index (χ0) is 34.8. The highest BCUT2D eigenvalue weighted by molar-refractivity contribution is 7.89. The maximum Gasteiger partial charge on any atom is 0.439 e. The van der Waals surface area contributed by atoms with E-state index < -0.39 is 73.6 Å². The summed E-state index contributed by atoms with van der Waals surface area (Å²) in [6, 6.07) is 19.5. The largest absolute Gasteiger partial charge is 0.462 e. The van der Waals surface area contributed by atoms with Crippen LogP contribution in [0.1, 0.15) is 25.8 Å². The number of hydrogen-bond acceptors (Lipinski definition) is 12. The molecule has 0 fully saturated rings. The molecule has 4 rings (SSSR count). The maximum absolute atomic E-state index is 13.8. The smallest absolute Gasteiger partial charge is 0.439 e. The molecular formula is C33H42BN3O10S. The lowest BCUT2D eigenvalue weighted by atomic mass is 9.99. The number of esters is 1. The Morgan fingerprint density at radius 2 is 1.62 bits per heavy atom. The molecule has 258 valence electrons. The number of aliphatic hydroxyl groups is 4. The first-order valence-corrected chi connectivity index (χ1v) is 17.0. The molecule has 0 amide bonds. The predicted molar refractivity (Wildman–Crippen MR) is 180 cm³/mol. The van der Waals surface area contributed by atoms with Gasteiger partial charge < -0.3 is 40.2 Å². The van der Waals surface area contributed by atoms with E-state index in [1.807, 2.05) is 44.2 Å². The third kappa shape index (κ3) is 9.78. The van der Waals surface area contributed by atoms with Gasteiger partial charge in [0.2, 0.25) is 10.0 Å². The molecule has 3 aromatic carbocycles. The molecule has 0 aliphatic heterocycles. The van der Waals surface area contributed by atoms with Gasteiger partial charge in [0.25, 0.3) is 0 Å². The second kappa shape index (κ2) is 17.2. The number of para-hydroxylation sites is 1. The topological polar surface area (TPSA) is 211 Å². The summed E-state index contributed by atoms with van der Waals surface area (Å²) in [5.41, 5.74) is 6.82. The van der Waals surface area contributed by atoms with Crippen LogP contribution >= 0.6 is 0 Å². The van der Waals surface area contributed by atoms with E-state index in [4.69, 9.17) is 19.8 Å². The van der Waals surface area contributed by atoms with Crippen molar-refractivity contribution in [3.05, 3.63) is 84.6 Å². The van der Waals surface area contributed by atoms with Crippen LogP contribution in [0.5, 0.6) is 0 Å². The Morgan fingerprint density at radius 1 is 0.938 bits per heavy atom. The zero-order valence-corrected chi connectivity index (χ0v) is 27.6. The van der Waals surface area contributed by atoms with Crippen LogP contribution in [0.15, 0.2) is 83.9 Å². The van der Waals surface area contributed by atoms with Gasteiger partial charge in [0.15, 0.2) is 0 Å². The lowest BCUT2D eigenvalue weighted by Crippen LogP contribution is -2.50. The van der Waals surface area contributed by atoms with Gasteiger partial charge in [-0.3, -0.25) is 9.78 Å². The van der Waals surface area contributed by atoms with Crippen LogP contribution in [0.3, 0.4) is 0 Å². The number of carbonyl (C=O) groups excluding carboxylic acids is 1. The average Bonchev–Trinajstić information content (AvgIpc) is 3.07. The number of aliphatic hydroxyl groups excluding tert-OH is 4. The molecule has 0 aliphatic rings. The second-order valence-corrected chi connectivity index (χ2v) is 13.5. The van der Waals surface area contributed by atoms with Crippen molar-refractivity contribution in [1.82, 2.24) is 9.71 Å². The van der Waals surface area contributed by atoms with Crippen LogP contribution in [-0.4, -0.2) is 97.4 Å². The molecule has 4 aromatic rings. The number of sulfonamides is 1. The lowest BCUT2D eigenvalue weighted by molar-refractivity contribution is -0.156. The lowest BCUT2D eigenvalue weighted by Gasteiger charge is -2.29. The van der Waals surface area contributed by atoms with Gasteiger partial charge in [-0.1, -0.05) is 74.5 Å². The minimum Gasteiger partial charge on any atom is -0.462 e. The van der Waals surface area contributed by atoms with Gasteiger partial charge >= 0.3 is 13.7 Å². The highest BCUT2D eigenvalue weighted by Gasteiger charge is 2.35. The summed E-state index contributed by atoms with van der Waals surface area (Å²) in [4.78, 5) is 17.8. The van der Waals surface area contributed by atoms with E-state index in [1.54, 1.807) is 36.4 Å². The number of aromatic nitrogens is 1. The number of benzene rings is 3. The number of nitrogens with zero attached hydrogens (tertiary/aromatic N) is 1. The van der Waals surface area contributed by atoms with Crippen LogP contribution in [0.2, 0.25) is 0 Å². The van der Waals surface area contributed by atoms with Gasteiger partial charge in [-0.25, -0.2) is 8.42 Å². The number of nitrogens with two attached hydrogens (primary N) is 1. The molecule has 6 atom stereocenters. The van der Waals surface area contributed by atoms with Crippen LogP contribution in [0.4, 0.5) is 0 Å². The Kier molecular flexibility index (Phi) is 13.4. The fourth-order valence-electron chi connectivity index (χ4n) is 5.22. The van der Waals surface area contributed by atoms with Crippen molar-refractivity contribution in [2.45, 2.75) is 68.3 Å². The Labute approximate surface area is 280 Å². The van der Waals surface area contributed by atoms with Gasteiger partial charge in [0.1, 0.15) is 42.0 Å². The molecule has 15 heteroatoms. The monoisotopic (exact) mass is 683 g/mol. The molecule has 7 N–H and O–H groups in total. The van der Waals surface area contributed by atoms with Crippen molar-refractivity contribution in [3.63, 3.8) is 0 Å². The van der Waals surface area contributed by atoms with E-state index in [0.29, 0.717) is 17.4 Å². The van der Waals surface area contributed by atoms with E-state index in [1.165, 1.54) is 12.3 Å². The van der Waals surface area contributed by atoms with Gasteiger partial charge in [-0.2, -0.15) is 4.72 Å². The van der Waals surface area contributed by atoms with Crippen LogP contribution in [-0.2, 0) is 35.3 Å². The summed E-state index contributed by atoms with van der Waals surface area (Å²) in [6.45, 7) is 2.35. The van der Waals surface area contributed by atoms with Crippen molar-refractivity contribution in [2.75, 3.05) is 13.2 Å². The third-order valence-corrected chi connectivity index (χ3v) is 9.24. The quantitative estimate of drug-likeness (QED) is 0.0491. The first kappa shape index (κ1) is 37.3. The SMILES string of the molecule is CC(C)C[C@H](N)OBO[C@H](COC(=O)[C@H](Cc1cccc2ccccc12)NS(=O)(=O)c1cccc2cccnc12)[C@@H](O)[C@H](O)[C@H](O)CO. The Morgan fingerprint density at radius 3 is 2.38 bits per heavy atom. The molecule has 0 radical (unpaired) electrons. The molecule has 1 heterocycles. The summed E-state index contributed by atoms with van der Waals surface area (Å²) < 4.78 is 46.6. The Hall–Kier alpha value is -3.51. The second-order valence-electron chi connectivity index (χ2n) is 11.9. The van der Waals surface area contributed by atoms with Crippen LogP contribution in [0.25, 0.3) is 21.7 Å². The predicted octanol–water partition coefficient (Wildman–Crippen LogP) is 0.895. The highest BCUT2D eigenvalue weighted by atomic mass is 32.2. The number of nitrogens with one attached hydrogen (secondary N) is 1. The molecule has 13 nitrogen and oxygen atoms in total. The number of pyridine rings is 1. The minimum absolute atomic E-state index is 0.106. The fraction of sp³-hybridized carbons (Fsp3) is 0.394. The van der Waals surface area contributed by atoms with E-state index in [-0.39, 0.29) is 22.8 Å². The van der Waals surface area contributed by atoms with Crippen molar-refractivity contribution >= 4 is 45.4 Å². The molecule has 48 heavy (non-hydrogen) atoms. The van der Waals surface area contributed by atoms with E-state index >= 15 is 0 Å². The molecule has 0 saturated heterocycles. The third-order valence-electron chi connectivity index (χ3n) is 7.74. The van der Waals surface area contributed by atoms with E-state index in [0.717, 1.165) is 10.8 Å². The summed E-state index contributed by atoms with van der Waals surface area (Å²) in [5, 5.41) is 42.6. The van der Waals surface area contributed by atoms with Crippen molar-refractivity contribution in [2.24, 2.45) is 11.7 Å². The molecule has 0 saturated carbocycles. The number of hydrogen-bond donors (Lipinski definition) is 6. The first-order chi connectivity index (χ1) is 22.9. The molecule has 0 unspecified atom stereocenters. The number of rotatable bonds is 18. The normalized spacial score (nSPS) is 15.9. The Balaban J connectivity index is 1.61. The van der Waals surface area contributed by atoms with E-state index in [2.05, 4.69) is 9.71 Å². The molecule has 0 spiro atoms. The molecule has 0 bridgehead atoms. The Bertz CT molecular complexity index is 1750. The number of fused-ring (bicyclic) bond motifs is 2. The molecule has 1 aromatic heterocycles. The minimum atomic E-state index is -4.35.